The van der Waals surface area contributed by atoms with E-state index in [0.717, 1.165) is 5.56 Å². The van der Waals surface area contributed by atoms with E-state index in [2.05, 4.69) is 0 Å². The van der Waals surface area contributed by atoms with E-state index in [-0.39, 0.29) is 22.9 Å². The highest BCUT2D eigenvalue weighted by molar-refractivity contribution is 6.32. The number of aromatic carboxylic acids is 1. The fourth-order valence-corrected chi connectivity index (χ4v) is 2.32. The first-order chi connectivity index (χ1) is 10.0. The van der Waals surface area contributed by atoms with Gasteiger partial charge >= 0.3 is 5.97 Å². The molecule has 2 aromatic carbocycles. The molecule has 4 nitrogen and oxygen atoms in total. The van der Waals surface area contributed by atoms with Crippen LogP contribution in [0.25, 0.3) is 0 Å². The molecule has 2 N–H and O–H groups in total. The van der Waals surface area contributed by atoms with Gasteiger partial charge in [0.2, 0.25) is 0 Å². The lowest BCUT2D eigenvalue weighted by Gasteiger charge is -2.13. The Kier molecular flexibility index (Phi) is 4.70. The molecular formula is C16H15ClO4. The van der Waals surface area contributed by atoms with Gasteiger partial charge in [0.25, 0.3) is 0 Å². The summed E-state index contributed by atoms with van der Waals surface area (Å²) >= 11 is 5.97. The molecule has 0 heterocycles. The molecule has 0 aromatic heterocycles. The number of carboxylic acid groups (broad SMARTS) is 1. The summed E-state index contributed by atoms with van der Waals surface area (Å²) in [6, 6.07) is 9.54. The number of carbonyl (C=O) groups is 1. The van der Waals surface area contributed by atoms with Gasteiger partial charge in [-0.25, -0.2) is 4.79 Å². The normalized spacial score (nSPS) is 10.4. The Balaban J connectivity index is 2.28. The topological polar surface area (TPSA) is 66.8 Å². The molecule has 0 saturated heterocycles. The van der Waals surface area contributed by atoms with Gasteiger partial charge in [-0.15, -0.1) is 0 Å². The number of aryl methyl sites for hydroxylation is 1. The second kappa shape index (κ2) is 6.50. The van der Waals surface area contributed by atoms with Crippen LogP contribution in [-0.4, -0.2) is 16.2 Å². The summed E-state index contributed by atoms with van der Waals surface area (Å²) in [7, 11) is 0. The summed E-state index contributed by atoms with van der Waals surface area (Å²) in [5.74, 6) is -0.537. The van der Waals surface area contributed by atoms with E-state index in [9.17, 15) is 15.0 Å². The number of benzene rings is 2. The average molecular weight is 307 g/mol. The van der Waals surface area contributed by atoms with E-state index >= 15 is 0 Å². The van der Waals surface area contributed by atoms with Crippen LogP contribution in [0.1, 0.15) is 28.4 Å². The number of hydrogen-bond acceptors (Lipinski definition) is 3. The molecule has 5 heteroatoms. The summed E-state index contributed by atoms with van der Waals surface area (Å²) in [5.41, 5.74) is 1.78. The standard InChI is InChI=1S/C16H15ClO4/c1-2-10-4-3-5-12(16(19)20)13(10)9-21-15-7-6-11(18)8-14(15)17/h3-8,18H,2,9H2,1H3,(H,19,20). The second-order valence-corrected chi connectivity index (χ2v) is 4.91. The molecule has 0 spiro atoms. The van der Waals surface area contributed by atoms with Gasteiger partial charge in [0.1, 0.15) is 18.1 Å². The van der Waals surface area contributed by atoms with Crippen LogP contribution in [0.3, 0.4) is 0 Å². The van der Waals surface area contributed by atoms with E-state index in [4.69, 9.17) is 16.3 Å². The van der Waals surface area contributed by atoms with Crippen molar-refractivity contribution in [1.29, 1.82) is 0 Å². The maximum absolute atomic E-state index is 11.3. The van der Waals surface area contributed by atoms with E-state index in [1.54, 1.807) is 18.2 Å². The van der Waals surface area contributed by atoms with Crippen LogP contribution in [0.4, 0.5) is 0 Å². The van der Waals surface area contributed by atoms with Crippen LogP contribution in [0.5, 0.6) is 11.5 Å². The minimum absolute atomic E-state index is 0.0486. The van der Waals surface area contributed by atoms with Gasteiger partial charge in [-0.3, -0.25) is 0 Å². The van der Waals surface area contributed by atoms with Gasteiger partial charge in [0.05, 0.1) is 10.6 Å². The van der Waals surface area contributed by atoms with Gasteiger partial charge in [-0.05, 0) is 30.2 Å². The fourth-order valence-electron chi connectivity index (χ4n) is 2.09. The number of hydrogen-bond donors (Lipinski definition) is 2. The third-order valence-corrected chi connectivity index (χ3v) is 3.47. The van der Waals surface area contributed by atoms with Crippen molar-refractivity contribution < 1.29 is 19.7 Å². The first-order valence-electron chi connectivity index (χ1n) is 6.48. The van der Waals surface area contributed by atoms with Crippen LogP contribution in [0.15, 0.2) is 36.4 Å². The number of halogens is 1. The number of carboxylic acids is 1. The quantitative estimate of drug-likeness (QED) is 0.879. The maximum atomic E-state index is 11.3. The molecule has 0 amide bonds. The predicted molar refractivity (Wildman–Crippen MR) is 80.2 cm³/mol. The van der Waals surface area contributed by atoms with Crippen molar-refractivity contribution in [3.8, 4) is 11.5 Å². The second-order valence-electron chi connectivity index (χ2n) is 4.51. The Bertz CT molecular complexity index is 667. The van der Waals surface area contributed by atoms with Crippen LogP contribution in [0, 0.1) is 0 Å². The van der Waals surface area contributed by atoms with E-state index in [1.807, 2.05) is 13.0 Å². The zero-order valence-electron chi connectivity index (χ0n) is 11.5. The van der Waals surface area contributed by atoms with Crippen molar-refractivity contribution in [3.05, 3.63) is 58.1 Å². The molecule has 0 aliphatic carbocycles. The molecule has 0 bridgehead atoms. The number of phenolic OH excluding ortho intramolecular Hbond substituents is 1. The van der Waals surface area contributed by atoms with Crippen molar-refractivity contribution in [1.82, 2.24) is 0 Å². The van der Waals surface area contributed by atoms with Crippen molar-refractivity contribution in [2.75, 3.05) is 0 Å². The largest absolute Gasteiger partial charge is 0.508 e. The molecule has 0 saturated carbocycles. The highest BCUT2D eigenvalue weighted by Gasteiger charge is 2.14. The molecule has 110 valence electrons. The molecule has 2 aromatic rings. The number of aromatic hydroxyl groups is 1. The highest BCUT2D eigenvalue weighted by atomic mass is 35.5. The maximum Gasteiger partial charge on any atom is 0.336 e. The summed E-state index contributed by atoms with van der Waals surface area (Å²) in [4.78, 5) is 11.3. The lowest BCUT2D eigenvalue weighted by molar-refractivity contribution is 0.0693. The Hall–Kier alpha value is -2.20. The van der Waals surface area contributed by atoms with Crippen molar-refractivity contribution in [2.45, 2.75) is 20.0 Å². The zero-order valence-corrected chi connectivity index (χ0v) is 12.2. The van der Waals surface area contributed by atoms with Gasteiger partial charge in [0, 0.05) is 11.6 Å². The Morgan fingerprint density at radius 1 is 1.29 bits per heavy atom. The Labute approximate surface area is 127 Å². The summed E-state index contributed by atoms with van der Waals surface area (Å²) in [5, 5.41) is 18.8. The van der Waals surface area contributed by atoms with E-state index in [1.165, 1.54) is 12.1 Å². The lowest BCUT2D eigenvalue weighted by atomic mass is 10.00. The minimum atomic E-state index is -0.985. The van der Waals surface area contributed by atoms with Crippen LogP contribution in [-0.2, 0) is 13.0 Å². The zero-order chi connectivity index (χ0) is 15.4. The first kappa shape index (κ1) is 15.2. The molecule has 0 aliphatic heterocycles. The molecule has 0 atom stereocenters. The van der Waals surface area contributed by atoms with Crippen molar-refractivity contribution in [2.24, 2.45) is 0 Å². The summed E-state index contributed by atoms with van der Waals surface area (Å²) < 4.78 is 5.60. The van der Waals surface area contributed by atoms with Crippen molar-refractivity contribution >= 4 is 17.6 Å². The average Bonchev–Trinajstić information content (AvgIpc) is 2.45. The Morgan fingerprint density at radius 2 is 2.05 bits per heavy atom. The predicted octanol–water partition coefficient (Wildman–Crippen LogP) is 3.89. The molecule has 0 unspecified atom stereocenters. The smallest absolute Gasteiger partial charge is 0.336 e. The summed E-state index contributed by atoms with van der Waals surface area (Å²) in [6.45, 7) is 2.06. The highest BCUT2D eigenvalue weighted by Crippen LogP contribution is 2.29. The fraction of sp³-hybridized carbons (Fsp3) is 0.188. The van der Waals surface area contributed by atoms with Crippen LogP contribution >= 0.6 is 11.6 Å². The number of ether oxygens (including phenoxy) is 1. The van der Waals surface area contributed by atoms with E-state index < -0.39 is 5.97 Å². The first-order valence-corrected chi connectivity index (χ1v) is 6.86. The minimum Gasteiger partial charge on any atom is -0.508 e. The van der Waals surface area contributed by atoms with Gasteiger partial charge in [-0.2, -0.15) is 0 Å². The lowest BCUT2D eigenvalue weighted by Crippen LogP contribution is -2.09. The third-order valence-electron chi connectivity index (χ3n) is 3.17. The molecular weight excluding hydrogens is 292 g/mol. The van der Waals surface area contributed by atoms with Crippen LogP contribution in [0.2, 0.25) is 5.02 Å². The molecule has 0 fully saturated rings. The molecule has 0 aliphatic rings. The van der Waals surface area contributed by atoms with Crippen molar-refractivity contribution in [3.63, 3.8) is 0 Å². The molecule has 0 radical (unpaired) electrons. The third kappa shape index (κ3) is 3.47. The monoisotopic (exact) mass is 306 g/mol. The van der Waals surface area contributed by atoms with Gasteiger partial charge in [-0.1, -0.05) is 30.7 Å². The SMILES string of the molecule is CCc1cccc(C(=O)O)c1COc1ccc(O)cc1Cl. The van der Waals surface area contributed by atoms with Crippen LogP contribution < -0.4 is 4.74 Å². The number of phenols is 1. The van der Waals surface area contributed by atoms with Gasteiger partial charge < -0.3 is 14.9 Å². The number of rotatable bonds is 5. The molecule has 21 heavy (non-hydrogen) atoms. The van der Waals surface area contributed by atoms with Gasteiger partial charge in [0.15, 0.2) is 0 Å². The van der Waals surface area contributed by atoms with E-state index in [0.29, 0.717) is 17.7 Å². The summed E-state index contributed by atoms with van der Waals surface area (Å²) in [6.07, 6.45) is 0.711. The molecule has 2 rings (SSSR count). The Morgan fingerprint density at radius 3 is 2.67 bits per heavy atom.